The molecule has 0 aliphatic carbocycles. The minimum absolute atomic E-state index is 0.186. The highest BCUT2D eigenvalue weighted by Gasteiger charge is 2.35. The first-order valence-corrected chi connectivity index (χ1v) is 7.27. The summed E-state index contributed by atoms with van der Waals surface area (Å²) in [6.45, 7) is 2.03. The number of nitrogens with zero attached hydrogens (tertiary/aromatic N) is 3. The van der Waals surface area contributed by atoms with Crippen molar-refractivity contribution in [3.05, 3.63) is 47.2 Å². The number of hydrogen-bond donors (Lipinski definition) is 1. The zero-order valence-electron chi connectivity index (χ0n) is 12.8. The van der Waals surface area contributed by atoms with Crippen LogP contribution in [0.15, 0.2) is 24.3 Å². The number of anilines is 1. The second-order valence-electron chi connectivity index (χ2n) is 5.58. The third kappa shape index (κ3) is 3.10. The molecule has 23 heavy (non-hydrogen) atoms. The van der Waals surface area contributed by atoms with Gasteiger partial charge in [0.25, 0.3) is 0 Å². The number of aromatic nitrogens is 2. The second kappa shape index (κ2) is 6.08. The summed E-state index contributed by atoms with van der Waals surface area (Å²) in [5, 5.41) is 10.0. The van der Waals surface area contributed by atoms with Gasteiger partial charge in [0.2, 0.25) is 11.8 Å². The van der Waals surface area contributed by atoms with E-state index in [-0.39, 0.29) is 18.5 Å². The molecule has 1 aliphatic rings. The quantitative estimate of drug-likeness (QED) is 0.940. The molecule has 1 fully saturated rings. The molecule has 1 saturated heterocycles. The second-order valence-corrected chi connectivity index (χ2v) is 5.58. The van der Waals surface area contributed by atoms with Gasteiger partial charge >= 0.3 is 0 Å². The van der Waals surface area contributed by atoms with E-state index >= 15 is 0 Å². The van der Waals surface area contributed by atoms with E-state index in [1.54, 1.807) is 17.9 Å². The van der Waals surface area contributed by atoms with Crippen molar-refractivity contribution in [1.82, 2.24) is 9.97 Å². The van der Waals surface area contributed by atoms with Crippen LogP contribution in [0.1, 0.15) is 23.7 Å². The average Bonchev–Trinajstić information content (AvgIpc) is 2.91. The number of aliphatic hydroxyl groups is 1. The molecular formula is C16H17F2N3O2. The maximum atomic E-state index is 14.1. The van der Waals surface area contributed by atoms with E-state index in [9.17, 15) is 13.9 Å². The van der Waals surface area contributed by atoms with E-state index < -0.39 is 23.8 Å². The molecular weight excluding hydrogens is 304 g/mol. The van der Waals surface area contributed by atoms with Crippen molar-refractivity contribution in [2.24, 2.45) is 0 Å². The standard InChI is InChI=1S/C16H17F2N3O2/c1-9-5-15(23-2)20-16(19-9)21-8-11(22)7-14(21)12-6-10(17)3-4-13(12)18/h3-6,11,14,22H,7-8H2,1-2H3/t11-,14+/m1/s1. The molecule has 1 aromatic heterocycles. The highest BCUT2D eigenvalue weighted by atomic mass is 19.1. The maximum absolute atomic E-state index is 14.1. The lowest BCUT2D eigenvalue weighted by Crippen LogP contribution is -2.27. The first-order chi connectivity index (χ1) is 11.0. The Balaban J connectivity index is 2.03. The topological polar surface area (TPSA) is 58.5 Å². The first kappa shape index (κ1) is 15.6. The fraction of sp³-hybridized carbons (Fsp3) is 0.375. The minimum Gasteiger partial charge on any atom is -0.481 e. The molecule has 0 unspecified atom stereocenters. The number of aryl methyl sites for hydroxylation is 1. The van der Waals surface area contributed by atoms with E-state index in [1.165, 1.54) is 7.11 Å². The molecule has 0 bridgehead atoms. The van der Waals surface area contributed by atoms with Gasteiger partial charge in [0.15, 0.2) is 0 Å². The zero-order valence-corrected chi connectivity index (χ0v) is 12.8. The molecule has 0 radical (unpaired) electrons. The van der Waals surface area contributed by atoms with Gasteiger partial charge in [0, 0.05) is 23.9 Å². The Hall–Kier alpha value is -2.28. The summed E-state index contributed by atoms with van der Waals surface area (Å²) in [5.41, 5.74) is 0.873. The van der Waals surface area contributed by atoms with E-state index in [0.717, 1.165) is 18.2 Å². The van der Waals surface area contributed by atoms with Crippen LogP contribution >= 0.6 is 0 Å². The van der Waals surface area contributed by atoms with Crippen LogP contribution in [-0.2, 0) is 0 Å². The maximum Gasteiger partial charge on any atom is 0.229 e. The Morgan fingerprint density at radius 1 is 1.26 bits per heavy atom. The first-order valence-electron chi connectivity index (χ1n) is 7.27. The molecule has 122 valence electrons. The van der Waals surface area contributed by atoms with Gasteiger partial charge in [-0.1, -0.05) is 0 Å². The number of β-amino-alcohol motifs (C(OH)–C–C–N with tert-alkyl or cyclic N) is 1. The third-order valence-corrected chi connectivity index (χ3v) is 3.88. The molecule has 1 N–H and O–H groups in total. The molecule has 2 heterocycles. The lowest BCUT2D eigenvalue weighted by atomic mass is 10.0. The molecule has 0 spiro atoms. The van der Waals surface area contributed by atoms with Crippen molar-refractivity contribution in [1.29, 1.82) is 0 Å². The molecule has 0 amide bonds. The van der Waals surface area contributed by atoms with Crippen LogP contribution in [-0.4, -0.2) is 34.8 Å². The average molecular weight is 321 g/mol. The summed E-state index contributed by atoms with van der Waals surface area (Å²) < 4.78 is 32.8. The molecule has 1 aliphatic heterocycles. The van der Waals surface area contributed by atoms with E-state index in [4.69, 9.17) is 4.74 Å². The van der Waals surface area contributed by atoms with Gasteiger partial charge in [-0.25, -0.2) is 13.8 Å². The molecule has 0 saturated carbocycles. The summed E-state index contributed by atoms with van der Waals surface area (Å²) in [5.74, 6) is -0.333. The summed E-state index contributed by atoms with van der Waals surface area (Å²) in [6, 6.07) is 4.45. The van der Waals surface area contributed by atoms with Gasteiger partial charge in [-0.15, -0.1) is 0 Å². The molecule has 5 nitrogen and oxygen atoms in total. The van der Waals surface area contributed by atoms with Crippen molar-refractivity contribution in [3.63, 3.8) is 0 Å². The molecule has 7 heteroatoms. The monoisotopic (exact) mass is 321 g/mol. The van der Waals surface area contributed by atoms with Gasteiger partial charge in [0.05, 0.1) is 19.3 Å². The van der Waals surface area contributed by atoms with Gasteiger partial charge in [-0.3, -0.25) is 0 Å². The number of aliphatic hydroxyl groups excluding tert-OH is 1. The fourth-order valence-electron chi connectivity index (χ4n) is 2.86. The van der Waals surface area contributed by atoms with Crippen molar-refractivity contribution in [2.75, 3.05) is 18.6 Å². The van der Waals surface area contributed by atoms with Crippen molar-refractivity contribution < 1.29 is 18.6 Å². The van der Waals surface area contributed by atoms with Gasteiger partial charge in [0.1, 0.15) is 11.6 Å². The van der Waals surface area contributed by atoms with Crippen LogP contribution in [0.5, 0.6) is 5.88 Å². The normalized spacial score (nSPS) is 20.8. The van der Waals surface area contributed by atoms with Gasteiger partial charge in [-0.2, -0.15) is 4.98 Å². The number of halogens is 2. The van der Waals surface area contributed by atoms with Crippen molar-refractivity contribution in [3.8, 4) is 5.88 Å². The Labute approximate surface area is 132 Å². The van der Waals surface area contributed by atoms with Crippen molar-refractivity contribution >= 4 is 5.95 Å². The van der Waals surface area contributed by atoms with Crippen LogP contribution in [0.3, 0.4) is 0 Å². The zero-order chi connectivity index (χ0) is 16.6. The van der Waals surface area contributed by atoms with Crippen LogP contribution < -0.4 is 9.64 Å². The lowest BCUT2D eigenvalue weighted by molar-refractivity contribution is 0.194. The number of ether oxygens (including phenoxy) is 1. The smallest absolute Gasteiger partial charge is 0.229 e. The van der Waals surface area contributed by atoms with Crippen molar-refractivity contribution in [2.45, 2.75) is 25.5 Å². The number of rotatable bonds is 3. The summed E-state index contributed by atoms with van der Waals surface area (Å²) >= 11 is 0. The highest BCUT2D eigenvalue weighted by Crippen LogP contribution is 2.36. The Morgan fingerprint density at radius 3 is 2.78 bits per heavy atom. The van der Waals surface area contributed by atoms with Crippen LogP contribution in [0.2, 0.25) is 0 Å². The predicted molar refractivity (Wildman–Crippen MR) is 80.4 cm³/mol. The molecule has 3 rings (SSSR count). The SMILES string of the molecule is COc1cc(C)nc(N2C[C@H](O)C[C@H]2c2cc(F)ccc2F)n1. The van der Waals surface area contributed by atoms with Crippen LogP contribution in [0.4, 0.5) is 14.7 Å². The molecule has 2 aromatic rings. The minimum atomic E-state index is -0.669. The van der Waals surface area contributed by atoms with E-state index in [2.05, 4.69) is 9.97 Å². The van der Waals surface area contributed by atoms with Crippen LogP contribution in [0, 0.1) is 18.6 Å². The summed E-state index contributed by atoms with van der Waals surface area (Å²) in [7, 11) is 1.49. The Kier molecular flexibility index (Phi) is 4.12. The number of hydrogen-bond acceptors (Lipinski definition) is 5. The van der Waals surface area contributed by atoms with E-state index in [1.807, 2.05) is 0 Å². The van der Waals surface area contributed by atoms with Gasteiger partial charge < -0.3 is 14.7 Å². The summed E-state index contributed by atoms with van der Waals surface area (Å²) in [4.78, 5) is 10.3. The molecule has 1 aromatic carbocycles. The Bertz CT molecular complexity index is 726. The predicted octanol–water partition coefficient (Wildman–Crippen LogP) is 2.38. The molecule has 2 atom stereocenters. The lowest BCUT2D eigenvalue weighted by Gasteiger charge is -2.25. The largest absolute Gasteiger partial charge is 0.481 e. The van der Waals surface area contributed by atoms with E-state index in [0.29, 0.717) is 17.5 Å². The van der Waals surface area contributed by atoms with Crippen LogP contribution in [0.25, 0.3) is 0 Å². The number of benzene rings is 1. The summed E-state index contributed by atoms with van der Waals surface area (Å²) in [6.07, 6.45) is -0.391. The fourth-order valence-corrected chi connectivity index (χ4v) is 2.86. The Morgan fingerprint density at radius 2 is 2.04 bits per heavy atom. The number of methoxy groups -OCH3 is 1. The highest BCUT2D eigenvalue weighted by molar-refractivity contribution is 5.42. The van der Waals surface area contributed by atoms with Gasteiger partial charge in [-0.05, 0) is 31.5 Å². The third-order valence-electron chi connectivity index (χ3n) is 3.88.